The molecule has 1 aromatic heterocycles. The Morgan fingerprint density at radius 2 is 1.93 bits per heavy atom. The predicted octanol–water partition coefficient (Wildman–Crippen LogP) is 3.22. The molecular weight excluding hydrogens is 401 g/mol. The fourth-order valence-electron chi connectivity index (χ4n) is 3.81. The number of hydrogen-bond acceptors (Lipinski definition) is 5. The summed E-state index contributed by atoms with van der Waals surface area (Å²) in [4.78, 5) is 18.8. The van der Waals surface area contributed by atoms with Gasteiger partial charge in [-0.05, 0) is 30.5 Å². The zero-order valence-corrected chi connectivity index (χ0v) is 16.7. The summed E-state index contributed by atoms with van der Waals surface area (Å²) in [6.07, 6.45) is -3.19. The third-order valence-corrected chi connectivity index (χ3v) is 5.30. The number of hydrogen-bond donors (Lipinski definition) is 0. The molecular formula is C20H23F3N4O3. The van der Waals surface area contributed by atoms with Gasteiger partial charge in [0.25, 0.3) is 0 Å². The molecule has 2 aromatic rings. The van der Waals surface area contributed by atoms with E-state index >= 15 is 0 Å². The van der Waals surface area contributed by atoms with Gasteiger partial charge in [-0.3, -0.25) is 4.79 Å². The van der Waals surface area contributed by atoms with Crippen LogP contribution in [0.15, 0.2) is 24.3 Å². The van der Waals surface area contributed by atoms with Crippen molar-refractivity contribution in [2.24, 2.45) is 0 Å². The minimum absolute atomic E-state index is 0.0561. The van der Waals surface area contributed by atoms with Gasteiger partial charge in [0, 0.05) is 12.5 Å². The topological polar surface area (TPSA) is 69.5 Å². The van der Waals surface area contributed by atoms with E-state index in [2.05, 4.69) is 10.1 Å². The molecule has 0 N–H and O–H groups in total. The van der Waals surface area contributed by atoms with Gasteiger partial charge in [-0.15, -0.1) is 0 Å². The summed E-state index contributed by atoms with van der Waals surface area (Å²) in [5.41, 5.74) is 0.750. The van der Waals surface area contributed by atoms with Crippen molar-refractivity contribution in [2.45, 2.75) is 57.1 Å². The van der Waals surface area contributed by atoms with Gasteiger partial charge >= 0.3 is 6.18 Å². The van der Waals surface area contributed by atoms with Crippen molar-refractivity contribution in [1.29, 1.82) is 0 Å². The Kier molecular flexibility index (Phi) is 5.44. The standard InChI is InChI=1S/C20H23F3N4O3/c1-3-15-24-19(26(25-15)11-20(21,22)23)18-17(12-4-8-14(29-2)9-5-12)27(13-6-7-13)16(28)10-30-18/h4-5,8-9,13,17-18H,3,6-7,10-11H2,1-2H3/t17-,18+/m1/s1. The molecule has 10 heteroatoms. The zero-order chi connectivity index (χ0) is 21.5. The predicted molar refractivity (Wildman–Crippen MR) is 99.8 cm³/mol. The minimum atomic E-state index is -4.45. The monoisotopic (exact) mass is 424 g/mol. The summed E-state index contributed by atoms with van der Waals surface area (Å²) in [6, 6.07) is 6.59. The van der Waals surface area contributed by atoms with Gasteiger partial charge in [-0.2, -0.15) is 18.3 Å². The van der Waals surface area contributed by atoms with Crippen LogP contribution < -0.4 is 4.74 Å². The maximum atomic E-state index is 13.2. The highest BCUT2D eigenvalue weighted by Crippen LogP contribution is 2.45. The van der Waals surface area contributed by atoms with E-state index in [1.54, 1.807) is 43.2 Å². The van der Waals surface area contributed by atoms with Crippen LogP contribution >= 0.6 is 0 Å². The Morgan fingerprint density at radius 3 is 2.50 bits per heavy atom. The first kappa shape index (κ1) is 20.6. The van der Waals surface area contributed by atoms with Crippen LogP contribution in [-0.4, -0.2) is 51.5 Å². The average molecular weight is 424 g/mol. The number of aromatic nitrogens is 3. The lowest BCUT2D eigenvalue weighted by Crippen LogP contribution is -2.47. The van der Waals surface area contributed by atoms with Gasteiger partial charge in [0.05, 0.1) is 13.2 Å². The van der Waals surface area contributed by atoms with E-state index in [-0.39, 0.29) is 24.4 Å². The first-order chi connectivity index (χ1) is 14.3. The first-order valence-corrected chi connectivity index (χ1v) is 9.87. The highest BCUT2D eigenvalue weighted by Gasteiger charge is 2.47. The molecule has 1 amide bonds. The van der Waals surface area contributed by atoms with Crippen LogP contribution in [-0.2, 0) is 22.5 Å². The molecule has 0 bridgehead atoms. The number of methoxy groups -OCH3 is 1. The Hall–Kier alpha value is -2.62. The molecule has 4 rings (SSSR count). The molecule has 2 heterocycles. The Labute approximate surface area is 171 Å². The molecule has 2 aliphatic rings. The number of ether oxygens (including phenoxy) is 2. The van der Waals surface area contributed by atoms with Gasteiger partial charge in [-0.25, -0.2) is 9.67 Å². The first-order valence-electron chi connectivity index (χ1n) is 9.87. The maximum absolute atomic E-state index is 13.2. The van der Waals surface area contributed by atoms with Crippen molar-refractivity contribution in [3.8, 4) is 5.75 Å². The van der Waals surface area contributed by atoms with Crippen LogP contribution in [0.2, 0.25) is 0 Å². The summed E-state index contributed by atoms with van der Waals surface area (Å²) < 4.78 is 51.4. The summed E-state index contributed by atoms with van der Waals surface area (Å²) in [7, 11) is 1.55. The van der Waals surface area contributed by atoms with E-state index in [1.165, 1.54) is 0 Å². The molecule has 0 unspecified atom stereocenters. The number of alkyl halides is 3. The quantitative estimate of drug-likeness (QED) is 0.712. The van der Waals surface area contributed by atoms with Crippen molar-refractivity contribution >= 4 is 5.91 Å². The number of carbonyl (C=O) groups excluding carboxylic acids is 1. The third kappa shape index (κ3) is 4.14. The highest BCUT2D eigenvalue weighted by molar-refractivity contribution is 5.79. The molecule has 0 spiro atoms. The maximum Gasteiger partial charge on any atom is 0.408 e. The van der Waals surface area contributed by atoms with Crippen LogP contribution in [0.3, 0.4) is 0 Å². The summed E-state index contributed by atoms with van der Waals surface area (Å²) in [5, 5.41) is 4.03. The number of amides is 1. The lowest BCUT2D eigenvalue weighted by Gasteiger charge is -2.41. The number of halogens is 3. The molecule has 2 fully saturated rings. The average Bonchev–Trinajstić information content (AvgIpc) is 3.47. The van der Waals surface area contributed by atoms with Crippen LogP contribution in [0.4, 0.5) is 13.2 Å². The van der Waals surface area contributed by atoms with Crippen LogP contribution in [0.1, 0.15) is 49.1 Å². The van der Waals surface area contributed by atoms with Gasteiger partial charge in [-0.1, -0.05) is 19.1 Å². The largest absolute Gasteiger partial charge is 0.497 e. The molecule has 1 aromatic carbocycles. The number of aryl methyl sites for hydroxylation is 1. The number of carbonyl (C=O) groups is 1. The SMILES string of the molecule is CCc1nc([C@H]2OCC(=O)N(C3CC3)[C@@H]2c2ccc(OC)cc2)n(CC(F)(F)F)n1. The van der Waals surface area contributed by atoms with Gasteiger partial charge in [0.1, 0.15) is 25.0 Å². The molecule has 7 nitrogen and oxygen atoms in total. The normalized spacial score (nSPS) is 22.4. The van der Waals surface area contributed by atoms with Crippen LogP contribution in [0, 0.1) is 0 Å². The van der Waals surface area contributed by atoms with Crippen molar-refractivity contribution in [3.05, 3.63) is 41.5 Å². The number of nitrogens with zero attached hydrogens (tertiary/aromatic N) is 4. The fraction of sp³-hybridized carbons (Fsp3) is 0.550. The van der Waals surface area contributed by atoms with Crippen molar-refractivity contribution in [2.75, 3.05) is 13.7 Å². The summed E-state index contributed by atoms with van der Waals surface area (Å²) >= 11 is 0. The lowest BCUT2D eigenvalue weighted by molar-refractivity contribution is -0.163. The number of benzene rings is 1. The van der Waals surface area contributed by atoms with E-state index in [0.717, 1.165) is 23.1 Å². The van der Waals surface area contributed by atoms with Gasteiger partial charge in [0.15, 0.2) is 11.6 Å². The molecule has 1 saturated heterocycles. The van der Waals surface area contributed by atoms with Crippen LogP contribution in [0.5, 0.6) is 5.75 Å². The molecule has 30 heavy (non-hydrogen) atoms. The summed E-state index contributed by atoms with van der Waals surface area (Å²) in [5.74, 6) is 0.862. The van der Waals surface area contributed by atoms with Crippen molar-refractivity contribution in [1.82, 2.24) is 19.7 Å². The smallest absolute Gasteiger partial charge is 0.408 e. The second kappa shape index (κ2) is 7.90. The highest BCUT2D eigenvalue weighted by atomic mass is 19.4. The van der Waals surface area contributed by atoms with Crippen molar-refractivity contribution in [3.63, 3.8) is 0 Å². The van der Waals surface area contributed by atoms with E-state index < -0.39 is 24.9 Å². The van der Waals surface area contributed by atoms with E-state index in [4.69, 9.17) is 9.47 Å². The minimum Gasteiger partial charge on any atom is -0.497 e. The number of rotatable bonds is 6. The molecule has 1 aliphatic carbocycles. The third-order valence-electron chi connectivity index (χ3n) is 5.30. The molecule has 1 saturated carbocycles. The van der Waals surface area contributed by atoms with Crippen molar-refractivity contribution < 1.29 is 27.4 Å². The summed E-state index contributed by atoms with van der Waals surface area (Å²) in [6.45, 7) is 0.315. The Balaban J connectivity index is 1.78. The fourth-order valence-corrected chi connectivity index (χ4v) is 3.81. The van der Waals surface area contributed by atoms with E-state index in [0.29, 0.717) is 18.0 Å². The molecule has 162 valence electrons. The second-order valence-electron chi connectivity index (χ2n) is 7.49. The van der Waals surface area contributed by atoms with E-state index in [1.807, 2.05) is 0 Å². The second-order valence-corrected chi connectivity index (χ2v) is 7.49. The molecule has 2 atom stereocenters. The van der Waals surface area contributed by atoms with E-state index in [9.17, 15) is 18.0 Å². The molecule has 0 radical (unpaired) electrons. The van der Waals surface area contributed by atoms with Gasteiger partial charge in [0.2, 0.25) is 5.91 Å². The zero-order valence-electron chi connectivity index (χ0n) is 16.7. The molecule has 1 aliphatic heterocycles. The Morgan fingerprint density at radius 1 is 1.23 bits per heavy atom. The van der Waals surface area contributed by atoms with Gasteiger partial charge < -0.3 is 14.4 Å². The number of morpholine rings is 1. The Bertz CT molecular complexity index is 909. The van der Waals surface area contributed by atoms with Crippen LogP contribution in [0.25, 0.3) is 0 Å². The lowest BCUT2D eigenvalue weighted by atomic mass is 9.96.